The molecule has 3 N–H and O–H groups in total. The van der Waals surface area contributed by atoms with Gasteiger partial charge in [0.15, 0.2) is 0 Å². The molecule has 0 saturated carbocycles. The highest BCUT2D eigenvalue weighted by Gasteiger charge is 2.04. The van der Waals surface area contributed by atoms with Gasteiger partial charge in [-0.3, -0.25) is 4.79 Å². The number of carbonyl (C=O) groups is 1. The summed E-state index contributed by atoms with van der Waals surface area (Å²) >= 11 is 0. The highest BCUT2D eigenvalue weighted by atomic mass is 19.1. The van der Waals surface area contributed by atoms with E-state index in [1.807, 2.05) is 0 Å². The molecule has 0 atom stereocenters. The molecule has 0 aliphatic rings. The normalized spacial score (nSPS) is 10.6. The molecule has 118 valence electrons. The Morgan fingerprint density at radius 1 is 1.24 bits per heavy atom. The van der Waals surface area contributed by atoms with E-state index < -0.39 is 5.82 Å². The molecule has 21 heavy (non-hydrogen) atoms. The van der Waals surface area contributed by atoms with Crippen molar-refractivity contribution in [1.82, 2.24) is 0 Å². The molecule has 0 aromatic heterocycles. The zero-order chi connectivity index (χ0) is 15.5. The Hall–Kier alpha value is -1.62. The third-order valence-corrected chi connectivity index (χ3v) is 3.16. The van der Waals surface area contributed by atoms with Crippen LogP contribution in [0.1, 0.15) is 45.4 Å². The number of nitrogen functional groups attached to an aromatic ring is 1. The zero-order valence-electron chi connectivity index (χ0n) is 12.7. The number of halogens is 1. The highest BCUT2D eigenvalue weighted by molar-refractivity contribution is 5.92. The Labute approximate surface area is 125 Å². The molecule has 1 aromatic carbocycles. The quantitative estimate of drug-likeness (QED) is 0.511. The minimum Gasteiger partial charge on any atom is -0.396 e. The van der Waals surface area contributed by atoms with Crippen LogP contribution in [0.3, 0.4) is 0 Å². The largest absolute Gasteiger partial charge is 0.396 e. The van der Waals surface area contributed by atoms with Gasteiger partial charge in [0.2, 0.25) is 5.91 Å². The smallest absolute Gasteiger partial charge is 0.250 e. The predicted octanol–water partition coefficient (Wildman–Crippen LogP) is 3.72. The number of ether oxygens (including phenoxy) is 1. The minimum atomic E-state index is -0.493. The Morgan fingerprint density at radius 3 is 2.67 bits per heavy atom. The van der Waals surface area contributed by atoms with Gasteiger partial charge in [0.25, 0.3) is 0 Å². The van der Waals surface area contributed by atoms with E-state index in [0.717, 1.165) is 12.8 Å². The number of rotatable bonds is 10. The second-order valence-electron chi connectivity index (χ2n) is 5.10. The summed E-state index contributed by atoms with van der Waals surface area (Å²) in [7, 11) is 0. The molecule has 5 heteroatoms. The summed E-state index contributed by atoms with van der Waals surface area (Å²) < 4.78 is 18.3. The molecule has 0 spiro atoms. The van der Waals surface area contributed by atoms with Gasteiger partial charge < -0.3 is 15.8 Å². The van der Waals surface area contributed by atoms with Crippen molar-refractivity contribution < 1.29 is 13.9 Å². The molecule has 0 heterocycles. The van der Waals surface area contributed by atoms with Gasteiger partial charge in [-0.1, -0.05) is 39.0 Å². The monoisotopic (exact) mass is 296 g/mol. The number of unbranched alkanes of at least 4 members (excludes halogenated alkanes) is 5. The van der Waals surface area contributed by atoms with E-state index in [1.54, 1.807) is 0 Å². The summed E-state index contributed by atoms with van der Waals surface area (Å²) in [6, 6.07) is 4.08. The van der Waals surface area contributed by atoms with Gasteiger partial charge >= 0.3 is 0 Å². The predicted molar refractivity (Wildman–Crippen MR) is 83.6 cm³/mol. The molecule has 1 rings (SSSR count). The Bertz CT molecular complexity index is 438. The van der Waals surface area contributed by atoms with Crippen LogP contribution >= 0.6 is 0 Å². The minimum absolute atomic E-state index is 0.00619. The fourth-order valence-electron chi connectivity index (χ4n) is 1.97. The summed E-state index contributed by atoms with van der Waals surface area (Å²) in [5, 5.41) is 2.62. The van der Waals surface area contributed by atoms with Crippen LogP contribution < -0.4 is 11.1 Å². The number of anilines is 2. The van der Waals surface area contributed by atoms with E-state index in [9.17, 15) is 9.18 Å². The average Bonchev–Trinajstić information content (AvgIpc) is 2.46. The average molecular weight is 296 g/mol. The number of benzene rings is 1. The maximum Gasteiger partial charge on any atom is 0.250 e. The molecule has 0 aliphatic heterocycles. The first kappa shape index (κ1) is 17.4. The molecule has 0 bridgehead atoms. The van der Waals surface area contributed by atoms with Crippen molar-refractivity contribution in [2.75, 3.05) is 24.3 Å². The van der Waals surface area contributed by atoms with Crippen LogP contribution in [-0.4, -0.2) is 19.1 Å². The van der Waals surface area contributed by atoms with Crippen LogP contribution in [0.5, 0.6) is 0 Å². The van der Waals surface area contributed by atoms with Crippen molar-refractivity contribution in [3.8, 4) is 0 Å². The standard InChI is InChI=1S/C16H25FN2O2/c1-2-3-4-5-6-7-10-21-12-16(20)19-13-8-9-14(17)15(18)11-13/h8-9,11H,2-7,10,12,18H2,1H3,(H,19,20). The Morgan fingerprint density at radius 2 is 1.95 bits per heavy atom. The van der Waals surface area contributed by atoms with Gasteiger partial charge in [-0.15, -0.1) is 0 Å². The Balaban J connectivity index is 2.10. The number of amides is 1. The zero-order valence-corrected chi connectivity index (χ0v) is 12.7. The molecule has 4 nitrogen and oxygen atoms in total. The fourth-order valence-corrected chi connectivity index (χ4v) is 1.97. The first-order valence-corrected chi connectivity index (χ1v) is 7.56. The molecular formula is C16H25FN2O2. The topological polar surface area (TPSA) is 64.3 Å². The summed E-state index contributed by atoms with van der Waals surface area (Å²) in [5.41, 5.74) is 5.92. The molecule has 0 saturated heterocycles. The van der Waals surface area contributed by atoms with Crippen molar-refractivity contribution in [2.24, 2.45) is 0 Å². The van der Waals surface area contributed by atoms with Gasteiger partial charge in [-0.25, -0.2) is 4.39 Å². The number of carbonyl (C=O) groups excluding carboxylic acids is 1. The lowest BCUT2D eigenvalue weighted by atomic mass is 10.1. The lowest BCUT2D eigenvalue weighted by Gasteiger charge is -2.07. The van der Waals surface area contributed by atoms with E-state index in [1.165, 1.54) is 43.9 Å². The lowest BCUT2D eigenvalue weighted by Crippen LogP contribution is -2.18. The summed E-state index contributed by atoms with van der Waals surface area (Å²) in [4.78, 5) is 11.6. The van der Waals surface area contributed by atoms with Crippen molar-refractivity contribution in [1.29, 1.82) is 0 Å². The number of hydrogen-bond acceptors (Lipinski definition) is 3. The third-order valence-electron chi connectivity index (χ3n) is 3.16. The van der Waals surface area contributed by atoms with Gasteiger partial charge in [-0.2, -0.15) is 0 Å². The Kier molecular flexibility index (Phi) is 8.43. The SMILES string of the molecule is CCCCCCCCOCC(=O)Nc1ccc(F)c(N)c1. The first-order chi connectivity index (χ1) is 10.1. The second-order valence-corrected chi connectivity index (χ2v) is 5.10. The molecule has 0 fully saturated rings. The second kappa shape index (κ2) is 10.2. The molecule has 0 unspecified atom stereocenters. The fraction of sp³-hybridized carbons (Fsp3) is 0.562. The van der Waals surface area contributed by atoms with Crippen molar-refractivity contribution >= 4 is 17.3 Å². The van der Waals surface area contributed by atoms with Gasteiger partial charge in [0, 0.05) is 12.3 Å². The van der Waals surface area contributed by atoms with E-state index in [0.29, 0.717) is 12.3 Å². The van der Waals surface area contributed by atoms with Crippen LogP contribution in [0.2, 0.25) is 0 Å². The van der Waals surface area contributed by atoms with Crippen molar-refractivity contribution in [3.05, 3.63) is 24.0 Å². The van der Waals surface area contributed by atoms with Crippen LogP contribution in [0.15, 0.2) is 18.2 Å². The van der Waals surface area contributed by atoms with Crippen molar-refractivity contribution in [2.45, 2.75) is 45.4 Å². The van der Waals surface area contributed by atoms with Crippen LogP contribution in [0.25, 0.3) is 0 Å². The highest BCUT2D eigenvalue weighted by Crippen LogP contribution is 2.16. The maximum absolute atomic E-state index is 13.0. The van der Waals surface area contributed by atoms with Crippen LogP contribution in [0, 0.1) is 5.82 Å². The van der Waals surface area contributed by atoms with Gasteiger partial charge in [0.05, 0.1) is 5.69 Å². The third kappa shape index (κ3) is 7.66. The van der Waals surface area contributed by atoms with Crippen LogP contribution in [0.4, 0.5) is 15.8 Å². The van der Waals surface area contributed by atoms with E-state index >= 15 is 0 Å². The number of hydrogen-bond donors (Lipinski definition) is 2. The van der Waals surface area contributed by atoms with E-state index in [2.05, 4.69) is 12.2 Å². The molecule has 0 radical (unpaired) electrons. The van der Waals surface area contributed by atoms with Crippen LogP contribution in [-0.2, 0) is 9.53 Å². The summed E-state index contributed by atoms with van der Waals surface area (Å²) in [6.07, 6.45) is 7.12. The number of nitrogens with one attached hydrogen (secondary N) is 1. The lowest BCUT2D eigenvalue weighted by molar-refractivity contribution is -0.120. The summed E-state index contributed by atoms with van der Waals surface area (Å²) in [5.74, 6) is -0.751. The number of nitrogens with two attached hydrogens (primary N) is 1. The first-order valence-electron chi connectivity index (χ1n) is 7.56. The molecular weight excluding hydrogens is 271 g/mol. The molecule has 1 aromatic rings. The summed E-state index contributed by atoms with van der Waals surface area (Å²) in [6.45, 7) is 2.79. The molecule has 0 aliphatic carbocycles. The maximum atomic E-state index is 13.0. The molecule has 1 amide bonds. The van der Waals surface area contributed by atoms with E-state index in [-0.39, 0.29) is 18.2 Å². The van der Waals surface area contributed by atoms with E-state index in [4.69, 9.17) is 10.5 Å². The van der Waals surface area contributed by atoms with Crippen molar-refractivity contribution in [3.63, 3.8) is 0 Å². The van der Waals surface area contributed by atoms with Gasteiger partial charge in [0.1, 0.15) is 12.4 Å². The van der Waals surface area contributed by atoms with Gasteiger partial charge in [-0.05, 0) is 24.6 Å².